The van der Waals surface area contributed by atoms with Gasteiger partial charge in [0.05, 0.1) is 18.1 Å². The summed E-state index contributed by atoms with van der Waals surface area (Å²) in [5, 5.41) is 6.62. The van der Waals surface area contributed by atoms with Crippen molar-refractivity contribution in [3.8, 4) is 0 Å². The summed E-state index contributed by atoms with van der Waals surface area (Å²) in [6, 6.07) is 0.474. The average Bonchev–Trinajstić information content (AvgIpc) is 3.21. The molecule has 2 fully saturated rings. The fourth-order valence-electron chi connectivity index (χ4n) is 4.08. The van der Waals surface area contributed by atoms with Gasteiger partial charge in [0.25, 0.3) is 0 Å². The average molecular weight is 500 g/mol. The van der Waals surface area contributed by atoms with Crippen LogP contribution in [0.4, 0.5) is 0 Å². The first-order valence-corrected chi connectivity index (χ1v) is 11.8. The highest BCUT2D eigenvalue weighted by molar-refractivity contribution is 14.0. The largest absolute Gasteiger partial charge is 0.357 e. The quantitative estimate of drug-likeness (QED) is 0.304. The molecule has 2 aliphatic rings. The summed E-state index contributed by atoms with van der Waals surface area (Å²) >= 11 is 0. The molecule has 2 N–H and O–H groups in total. The third kappa shape index (κ3) is 7.14. The summed E-state index contributed by atoms with van der Waals surface area (Å²) in [6.07, 6.45) is 5.61. The Morgan fingerprint density at radius 2 is 1.85 bits per heavy atom. The van der Waals surface area contributed by atoms with Crippen LogP contribution in [0.3, 0.4) is 0 Å². The van der Waals surface area contributed by atoms with Crippen molar-refractivity contribution in [1.82, 2.24) is 15.5 Å². The lowest BCUT2D eigenvalue weighted by molar-refractivity contribution is 0.171. The first-order valence-electron chi connectivity index (χ1n) is 9.98. The van der Waals surface area contributed by atoms with Crippen LogP contribution >= 0.6 is 24.0 Å². The van der Waals surface area contributed by atoms with Gasteiger partial charge in [0.2, 0.25) is 0 Å². The second-order valence-electron chi connectivity index (χ2n) is 7.35. The van der Waals surface area contributed by atoms with E-state index in [-0.39, 0.29) is 41.5 Å². The van der Waals surface area contributed by atoms with Crippen molar-refractivity contribution >= 4 is 39.8 Å². The molecule has 0 aliphatic carbocycles. The lowest BCUT2D eigenvalue weighted by atomic mass is 9.93. The van der Waals surface area contributed by atoms with Crippen LogP contribution in [0.25, 0.3) is 0 Å². The van der Waals surface area contributed by atoms with E-state index in [9.17, 15) is 8.42 Å². The van der Waals surface area contributed by atoms with Gasteiger partial charge in [-0.25, -0.2) is 8.42 Å². The minimum absolute atomic E-state index is 0. The molecule has 26 heavy (non-hydrogen) atoms. The Morgan fingerprint density at radius 1 is 1.19 bits per heavy atom. The Kier molecular flexibility index (Phi) is 10.8. The lowest BCUT2D eigenvalue weighted by Gasteiger charge is -2.33. The van der Waals surface area contributed by atoms with E-state index in [0.717, 1.165) is 19.0 Å². The van der Waals surface area contributed by atoms with Crippen LogP contribution in [-0.2, 0) is 9.84 Å². The topological polar surface area (TPSA) is 73.8 Å². The van der Waals surface area contributed by atoms with Crippen molar-refractivity contribution < 1.29 is 8.42 Å². The minimum atomic E-state index is -2.88. The molecule has 0 spiro atoms. The van der Waals surface area contributed by atoms with E-state index < -0.39 is 9.84 Å². The van der Waals surface area contributed by atoms with Gasteiger partial charge < -0.3 is 10.6 Å². The monoisotopic (exact) mass is 500 g/mol. The molecule has 0 amide bonds. The second kappa shape index (κ2) is 11.7. The van der Waals surface area contributed by atoms with Gasteiger partial charge in [-0.3, -0.25) is 9.89 Å². The van der Waals surface area contributed by atoms with Crippen molar-refractivity contribution in [1.29, 1.82) is 0 Å². The predicted octanol–water partition coefficient (Wildman–Crippen LogP) is 2.25. The van der Waals surface area contributed by atoms with Crippen molar-refractivity contribution in [3.05, 3.63) is 0 Å². The zero-order valence-electron chi connectivity index (χ0n) is 16.5. The number of likely N-dealkylation sites (tertiary alicyclic amines) is 1. The van der Waals surface area contributed by atoms with E-state index in [4.69, 9.17) is 4.99 Å². The van der Waals surface area contributed by atoms with Crippen LogP contribution < -0.4 is 10.6 Å². The molecule has 2 aliphatic heterocycles. The normalized spacial score (nSPS) is 24.5. The maximum absolute atomic E-state index is 11.7. The number of sulfone groups is 1. The van der Waals surface area contributed by atoms with E-state index in [0.29, 0.717) is 18.4 Å². The first kappa shape index (κ1) is 23.9. The maximum atomic E-state index is 11.7. The Balaban J connectivity index is 0.00000338. The summed E-state index contributed by atoms with van der Waals surface area (Å²) in [4.78, 5) is 7.45. The molecule has 0 saturated carbocycles. The van der Waals surface area contributed by atoms with Crippen molar-refractivity contribution in [2.24, 2.45) is 10.9 Å². The highest BCUT2D eigenvalue weighted by Crippen LogP contribution is 2.23. The third-order valence-electron chi connectivity index (χ3n) is 5.56. The van der Waals surface area contributed by atoms with Crippen LogP contribution in [0.5, 0.6) is 0 Å². The predicted molar refractivity (Wildman–Crippen MR) is 120 cm³/mol. The summed E-state index contributed by atoms with van der Waals surface area (Å²) in [5.41, 5.74) is 0. The number of halogens is 1. The molecular weight excluding hydrogens is 463 g/mol. The molecule has 0 aromatic heterocycles. The van der Waals surface area contributed by atoms with E-state index in [1.165, 1.54) is 38.8 Å². The van der Waals surface area contributed by atoms with Crippen LogP contribution in [0, 0.1) is 5.92 Å². The molecule has 2 heterocycles. The first-order chi connectivity index (χ1) is 12.0. The minimum Gasteiger partial charge on any atom is -0.357 e. The van der Waals surface area contributed by atoms with Gasteiger partial charge in [-0.1, -0.05) is 26.7 Å². The van der Waals surface area contributed by atoms with Gasteiger partial charge in [-0.15, -0.1) is 24.0 Å². The smallest absolute Gasteiger partial charge is 0.191 e. The number of hydrogen-bond acceptors (Lipinski definition) is 4. The highest BCUT2D eigenvalue weighted by Gasteiger charge is 2.29. The summed E-state index contributed by atoms with van der Waals surface area (Å²) in [5.74, 6) is 1.93. The van der Waals surface area contributed by atoms with Crippen molar-refractivity contribution in [2.75, 3.05) is 37.7 Å². The van der Waals surface area contributed by atoms with Crippen LogP contribution in [0.2, 0.25) is 0 Å². The van der Waals surface area contributed by atoms with E-state index in [1.807, 2.05) is 6.92 Å². The molecule has 2 saturated heterocycles. The molecule has 154 valence electrons. The third-order valence-corrected chi connectivity index (χ3v) is 7.32. The maximum Gasteiger partial charge on any atom is 0.191 e. The molecule has 2 rings (SSSR count). The second-order valence-corrected chi connectivity index (χ2v) is 9.58. The summed E-state index contributed by atoms with van der Waals surface area (Å²) in [7, 11) is -2.88. The van der Waals surface area contributed by atoms with Gasteiger partial charge in [-0.05, 0) is 45.2 Å². The Morgan fingerprint density at radius 3 is 2.35 bits per heavy atom. The SMILES string of the molecule is CCNC(=NCC(C(CC)CC)N1CCCC1)NC1CCS(=O)(=O)C1.I. The highest BCUT2D eigenvalue weighted by atomic mass is 127. The zero-order chi connectivity index (χ0) is 18.3. The van der Waals surface area contributed by atoms with E-state index in [2.05, 4.69) is 29.4 Å². The molecule has 0 aromatic rings. The molecule has 2 unspecified atom stereocenters. The fraction of sp³-hybridized carbons (Fsp3) is 0.944. The summed E-state index contributed by atoms with van der Waals surface area (Å²) in [6.45, 7) is 10.5. The van der Waals surface area contributed by atoms with Crippen molar-refractivity contribution in [2.45, 2.75) is 65.0 Å². The van der Waals surface area contributed by atoms with Crippen LogP contribution in [-0.4, -0.2) is 69.0 Å². The number of aliphatic imine (C=N–C) groups is 1. The molecule has 6 nitrogen and oxygen atoms in total. The molecule has 0 aromatic carbocycles. The Bertz CT molecular complexity index is 529. The van der Waals surface area contributed by atoms with Gasteiger partial charge in [0.1, 0.15) is 0 Å². The lowest BCUT2D eigenvalue weighted by Crippen LogP contribution is -2.46. The number of nitrogens with zero attached hydrogens (tertiary/aromatic N) is 2. The molecule has 2 atom stereocenters. The van der Waals surface area contributed by atoms with E-state index in [1.54, 1.807) is 0 Å². The van der Waals surface area contributed by atoms with Crippen LogP contribution in [0.1, 0.15) is 52.9 Å². The number of hydrogen-bond donors (Lipinski definition) is 2. The number of nitrogens with one attached hydrogen (secondary N) is 2. The Hall–Kier alpha value is -0.0900. The van der Waals surface area contributed by atoms with Gasteiger partial charge >= 0.3 is 0 Å². The molecule has 8 heteroatoms. The van der Waals surface area contributed by atoms with Crippen LogP contribution in [0.15, 0.2) is 4.99 Å². The van der Waals surface area contributed by atoms with Crippen molar-refractivity contribution in [3.63, 3.8) is 0 Å². The fourth-order valence-corrected chi connectivity index (χ4v) is 5.75. The van der Waals surface area contributed by atoms with E-state index >= 15 is 0 Å². The molecular formula is C18H37IN4O2S. The standard InChI is InChI=1S/C18H36N4O2S.HI/c1-4-15(5-2)17(22-10-7-8-11-22)13-20-18(19-6-3)21-16-9-12-25(23,24)14-16;/h15-17H,4-14H2,1-3H3,(H2,19,20,21);1H. The number of guanidine groups is 1. The van der Waals surface area contributed by atoms with Gasteiger partial charge in [-0.2, -0.15) is 0 Å². The molecule has 0 radical (unpaired) electrons. The summed E-state index contributed by atoms with van der Waals surface area (Å²) < 4.78 is 23.4. The Labute approximate surface area is 176 Å². The zero-order valence-corrected chi connectivity index (χ0v) is 19.7. The number of rotatable bonds is 8. The molecule has 0 bridgehead atoms. The van der Waals surface area contributed by atoms with Gasteiger partial charge in [0.15, 0.2) is 15.8 Å². The van der Waals surface area contributed by atoms with Gasteiger partial charge in [0, 0.05) is 18.6 Å².